The van der Waals surface area contributed by atoms with Gasteiger partial charge < -0.3 is 19.7 Å². The highest BCUT2D eigenvalue weighted by Gasteiger charge is 2.21. The van der Waals surface area contributed by atoms with Crippen molar-refractivity contribution in [1.29, 1.82) is 0 Å². The molecule has 154 valence electrons. The van der Waals surface area contributed by atoms with E-state index in [1.165, 1.54) is 0 Å². The van der Waals surface area contributed by atoms with E-state index in [1.54, 1.807) is 19.1 Å². The number of carbonyl (C=O) groups is 2. The number of hydrogen-bond donors (Lipinski definition) is 1. The molecule has 1 aliphatic heterocycles. The maximum Gasteiger partial charge on any atom is 0.253 e. The first-order valence-electron chi connectivity index (χ1n) is 9.87. The van der Waals surface area contributed by atoms with E-state index in [-0.39, 0.29) is 23.9 Å². The maximum absolute atomic E-state index is 13.0. The Balaban J connectivity index is 2.05. The molecule has 3 rings (SSSR count). The van der Waals surface area contributed by atoms with Crippen molar-refractivity contribution in [2.24, 2.45) is 0 Å². The van der Waals surface area contributed by atoms with Crippen molar-refractivity contribution in [3.05, 3.63) is 48.0 Å². The van der Waals surface area contributed by atoms with Crippen LogP contribution in [-0.4, -0.2) is 49.6 Å². The molecule has 0 aromatic heterocycles. The molecule has 1 heterocycles. The van der Waals surface area contributed by atoms with Crippen LogP contribution in [0.4, 0.5) is 0 Å². The van der Waals surface area contributed by atoms with Gasteiger partial charge >= 0.3 is 0 Å². The molecule has 0 spiro atoms. The predicted octanol–water partition coefficient (Wildman–Crippen LogP) is 3.50. The van der Waals surface area contributed by atoms with Crippen LogP contribution in [0.5, 0.6) is 11.5 Å². The summed E-state index contributed by atoms with van der Waals surface area (Å²) in [5, 5.41) is 2.96. The lowest BCUT2D eigenvalue weighted by Crippen LogP contribution is -2.39. The highest BCUT2D eigenvalue weighted by atomic mass is 16.5. The normalized spacial score (nSPS) is 20.6. The van der Waals surface area contributed by atoms with Gasteiger partial charge in [-0.25, -0.2) is 0 Å². The van der Waals surface area contributed by atoms with E-state index in [4.69, 9.17) is 9.47 Å². The molecule has 6 heteroatoms. The molecular formula is C23H28N2O4. The molecule has 0 fully saturated rings. The number of methoxy groups -OCH3 is 1. The SMILES string of the molecule is COc1ccc2c(c1)-c1cccc(c1)C(=O)N(C)[C@H](C)CCC(=O)N[C@H](C)CO2. The largest absolute Gasteiger partial charge is 0.497 e. The molecule has 2 atom stereocenters. The number of rotatable bonds is 1. The fourth-order valence-corrected chi connectivity index (χ4v) is 3.35. The van der Waals surface area contributed by atoms with Gasteiger partial charge in [0.2, 0.25) is 5.91 Å². The zero-order chi connectivity index (χ0) is 21.0. The van der Waals surface area contributed by atoms with Crippen molar-refractivity contribution in [3.8, 4) is 22.6 Å². The molecule has 2 amide bonds. The monoisotopic (exact) mass is 396 g/mol. The fraction of sp³-hybridized carbons (Fsp3) is 0.391. The number of carbonyl (C=O) groups excluding carboxylic acids is 2. The van der Waals surface area contributed by atoms with Crippen molar-refractivity contribution in [1.82, 2.24) is 10.2 Å². The molecule has 0 aliphatic carbocycles. The summed E-state index contributed by atoms with van der Waals surface area (Å²) in [7, 11) is 3.39. The summed E-state index contributed by atoms with van der Waals surface area (Å²) in [6, 6.07) is 12.9. The lowest BCUT2D eigenvalue weighted by atomic mass is 10.0. The summed E-state index contributed by atoms with van der Waals surface area (Å²) in [6.45, 7) is 4.22. The van der Waals surface area contributed by atoms with Crippen molar-refractivity contribution >= 4 is 11.8 Å². The third-order valence-electron chi connectivity index (χ3n) is 5.27. The van der Waals surface area contributed by atoms with E-state index in [0.29, 0.717) is 36.5 Å². The average Bonchev–Trinajstić information content (AvgIpc) is 2.74. The van der Waals surface area contributed by atoms with Crippen molar-refractivity contribution in [2.45, 2.75) is 38.8 Å². The van der Waals surface area contributed by atoms with Crippen LogP contribution in [0.1, 0.15) is 37.0 Å². The van der Waals surface area contributed by atoms with E-state index in [9.17, 15) is 9.59 Å². The van der Waals surface area contributed by atoms with Gasteiger partial charge in [-0.3, -0.25) is 9.59 Å². The average molecular weight is 396 g/mol. The molecular weight excluding hydrogens is 368 g/mol. The Morgan fingerprint density at radius 2 is 1.86 bits per heavy atom. The van der Waals surface area contributed by atoms with E-state index in [1.807, 2.05) is 56.3 Å². The second-order valence-electron chi connectivity index (χ2n) is 7.53. The molecule has 0 radical (unpaired) electrons. The van der Waals surface area contributed by atoms with Gasteiger partial charge in [0.05, 0.1) is 13.2 Å². The van der Waals surface area contributed by atoms with Gasteiger partial charge in [0.25, 0.3) is 5.91 Å². The van der Waals surface area contributed by atoms with Crippen LogP contribution < -0.4 is 14.8 Å². The fourth-order valence-electron chi connectivity index (χ4n) is 3.35. The van der Waals surface area contributed by atoms with Crippen molar-refractivity contribution < 1.29 is 19.1 Å². The molecule has 2 aromatic rings. The Morgan fingerprint density at radius 1 is 1.10 bits per heavy atom. The Labute approximate surface area is 171 Å². The van der Waals surface area contributed by atoms with Gasteiger partial charge in [0.15, 0.2) is 0 Å². The minimum Gasteiger partial charge on any atom is -0.497 e. The number of hydrogen-bond acceptors (Lipinski definition) is 4. The number of amides is 2. The smallest absolute Gasteiger partial charge is 0.253 e. The molecule has 29 heavy (non-hydrogen) atoms. The molecule has 6 nitrogen and oxygen atoms in total. The standard InChI is InChI=1S/C23H28N2O4/c1-15-14-29-21-10-9-19(28-4)13-20(21)17-6-5-7-18(12-17)23(27)25(3)16(2)8-11-22(26)24-15/h5-7,9-10,12-13,15-16H,8,11,14H2,1-4H3,(H,24,26)/t15-,16-/m1/s1. The first kappa shape index (κ1) is 20.7. The van der Waals surface area contributed by atoms with E-state index in [0.717, 1.165) is 11.1 Å². The van der Waals surface area contributed by atoms with Gasteiger partial charge in [-0.2, -0.15) is 0 Å². The van der Waals surface area contributed by atoms with E-state index < -0.39 is 0 Å². The summed E-state index contributed by atoms with van der Waals surface area (Å²) < 4.78 is 11.4. The molecule has 2 aromatic carbocycles. The van der Waals surface area contributed by atoms with Gasteiger partial charge in [0.1, 0.15) is 18.1 Å². The summed E-state index contributed by atoms with van der Waals surface area (Å²) in [6.07, 6.45) is 0.954. The Hall–Kier alpha value is -3.02. The topological polar surface area (TPSA) is 67.9 Å². The van der Waals surface area contributed by atoms with Gasteiger partial charge in [-0.05, 0) is 56.2 Å². The third-order valence-corrected chi connectivity index (χ3v) is 5.27. The lowest BCUT2D eigenvalue weighted by molar-refractivity contribution is -0.122. The maximum atomic E-state index is 13.0. The molecule has 1 N–H and O–H groups in total. The molecule has 0 saturated heterocycles. The van der Waals surface area contributed by atoms with Crippen LogP contribution in [-0.2, 0) is 4.79 Å². The Bertz CT molecular complexity index is 896. The number of nitrogens with one attached hydrogen (secondary N) is 1. The molecule has 2 bridgehead atoms. The first-order chi connectivity index (χ1) is 13.9. The van der Waals surface area contributed by atoms with Gasteiger partial charge in [-0.15, -0.1) is 0 Å². The molecule has 0 saturated carbocycles. The number of fused-ring (bicyclic) bond motifs is 4. The predicted molar refractivity (Wildman–Crippen MR) is 112 cm³/mol. The minimum atomic E-state index is -0.136. The number of nitrogens with zero attached hydrogens (tertiary/aromatic N) is 1. The van der Waals surface area contributed by atoms with Crippen LogP contribution in [0.25, 0.3) is 11.1 Å². The summed E-state index contributed by atoms with van der Waals surface area (Å²) in [4.78, 5) is 26.9. The summed E-state index contributed by atoms with van der Waals surface area (Å²) >= 11 is 0. The minimum absolute atomic E-state index is 0.0424. The van der Waals surface area contributed by atoms with Crippen molar-refractivity contribution in [3.63, 3.8) is 0 Å². The van der Waals surface area contributed by atoms with Gasteiger partial charge in [-0.1, -0.05) is 12.1 Å². The quantitative estimate of drug-likeness (QED) is 0.801. The van der Waals surface area contributed by atoms with Crippen LogP contribution in [0.2, 0.25) is 0 Å². The first-order valence-corrected chi connectivity index (χ1v) is 9.87. The van der Waals surface area contributed by atoms with E-state index >= 15 is 0 Å². The summed E-state index contributed by atoms with van der Waals surface area (Å²) in [5.41, 5.74) is 2.30. The second-order valence-corrected chi connectivity index (χ2v) is 7.53. The third kappa shape index (κ3) is 4.88. The number of benzene rings is 2. The highest BCUT2D eigenvalue weighted by molar-refractivity contribution is 5.95. The Kier molecular flexibility index (Phi) is 6.42. The van der Waals surface area contributed by atoms with Crippen LogP contribution in [0, 0.1) is 0 Å². The van der Waals surface area contributed by atoms with Crippen LogP contribution >= 0.6 is 0 Å². The lowest BCUT2D eigenvalue weighted by Gasteiger charge is -2.25. The number of ether oxygens (including phenoxy) is 2. The summed E-state index contributed by atoms with van der Waals surface area (Å²) in [5.74, 6) is 1.26. The van der Waals surface area contributed by atoms with Crippen LogP contribution in [0.3, 0.4) is 0 Å². The zero-order valence-corrected chi connectivity index (χ0v) is 17.4. The molecule has 0 unspecified atom stereocenters. The second kappa shape index (κ2) is 8.99. The molecule has 1 aliphatic rings. The van der Waals surface area contributed by atoms with Crippen molar-refractivity contribution in [2.75, 3.05) is 20.8 Å². The highest BCUT2D eigenvalue weighted by Crippen LogP contribution is 2.34. The van der Waals surface area contributed by atoms with Crippen LogP contribution in [0.15, 0.2) is 42.5 Å². The zero-order valence-electron chi connectivity index (χ0n) is 17.4. The Morgan fingerprint density at radius 3 is 2.62 bits per heavy atom. The van der Waals surface area contributed by atoms with E-state index in [2.05, 4.69) is 5.32 Å². The van der Waals surface area contributed by atoms with Gasteiger partial charge in [0, 0.05) is 30.6 Å².